The number of carboxylic acids is 1. The van der Waals surface area contributed by atoms with E-state index in [2.05, 4.69) is 38.2 Å². The molecule has 47 heavy (non-hydrogen) atoms. The summed E-state index contributed by atoms with van der Waals surface area (Å²) in [6, 6.07) is 0. The lowest BCUT2D eigenvalue weighted by Gasteiger charge is -2.33. The van der Waals surface area contributed by atoms with E-state index < -0.39 is 23.2 Å². The van der Waals surface area contributed by atoms with Crippen molar-refractivity contribution in [3.63, 3.8) is 0 Å². The molecule has 0 bridgehead atoms. The Balaban J connectivity index is 2.25. The minimum absolute atomic E-state index is 0.0349. The Hall–Kier alpha value is -1.79. The molecule has 1 rings (SSSR count). The van der Waals surface area contributed by atoms with Gasteiger partial charge in [0.25, 0.3) is 0 Å². The quantitative estimate of drug-likeness (QED) is 0.0413. The van der Waals surface area contributed by atoms with Crippen LogP contribution in [0.15, 0.2) is 24.3 Å². The highest BCUT2D eigenvalue weighted by molar-refractivity contribution is 6.12. The first-order chi connectivity index (χ1) is 22.9. The fourth-order valence-electron chi connectivity index (χ4n) is 7.02. The molecule has 2 N–H and O–H groups in total. The third kappa shape index (κ3) is 18.5. The number of hydrogen-bond acceptors (Lipinski definition) is 5. The molecular weight excluding hydrogens is 586 g/mol. The van der Waals surface area contributed by atoms with Crippen LogP contribution < -0.4 is 0 Å². The van der Waals surface area contributed by atoms with E-state index in [1.54, 1.807) is 0 Å². The van der Waals surface area contributed by atoms with E-state index in [0.29, 0.717) is 17.9 Å². The summed E-state index contributed by atoms with van der Waals surface area (Å²) in [5.41, 5.74) is -2.13. The topological polar surface area (TPSA) is 94.9 Å². The Morgan fingerprint density at radius 3 is 1.34 bits per heavy atom. The van der Waals surface area contributed by atoms with Crippen molar-refractivity contribution in [2.45, 2.75) is 206 Å². The maximum absolute atomic E-state index is 13.3. The van der Waals surface area contributed by atoms with Gasteiger partial charge in [-0.05, 0) is 70.6 Å². The standard InChI is InChI=1S/C41H73NO5/c1-3-5-7-9-11-13-15-17-19-21-23-25-27-29-31-33-38(43)37-35-36-42(47)41(37,40(45)46)39(44)34-32-30-28-26-24-22-20-18-16-14-12-10-8-6-4-2/h17-20,37,47H,3-16,21-36H2,1-2H3,(H,45,46). The van der Waals surface area contributed by atoms with Crippen molar-refractivity contribution in [1.82, 2.24) is 5.06 Å². The monoisotopic (exact) mass is 660 g/mol. The summed E-state index contributed by atoms with van der Waals surface area (Å²) >= 11 is 0. The zero-order valence-corrected chi connectivity index (χ0v) is 30.7. The first-order valence-corrected chi connectivity index (χ1v) is 20.0. The van der Waals surface area contributed by atoms with Crippen molar-refractivity contribution in [1.29, 1.82) is 0 Å². The predicted octanol–water partition coefficient (Wildman–Crippen LogP) is 11.7. The molecule has 0 aromatic carbocycles. The molecule has 6 heteroatoms. The van der Waals surface area contributed by atoms with Gasteiger partial charge in [0.1, 0.15) is 5.78 Å². The van der Waals surface area contributed by atoms with Gasteiger partial charge in [-0.15, -0.1) is 0 Å². The largest absolute Gasteiger partial charge is 0.479 e. The number of ketones is 2. The number of carbonyl (C=O) groups is 3. The Morgan fingerprint density at radius 1 is 0.574 bits per heavy atom. The first kappa shape index (κ1) is 43.2. The summed E-state index contributed by atoms with van der Waals surface area (Å²) in [6.07, 6.45) is 39.8. The van der Waals surface area contributed by atoms with Crippen molar-refractivity contribution in [2.75, 3.05) is 6.54 Å². The SMILES string of the molecule is CCCCCCCCC=CCCCCCCCC(=O)C1CCN(O)C1(C(=O)O)C(=O)CCCCCCCC=CCCCCCCCC. The number of Topliss-reactive ketones (excluding diaryl/α,β-unsaturated/α-hetero) is 2. The van der Waals surface area contributed by atoms with Crippen LogP contribution in [0.2, 0.25) is 0 Å². The molecule has 1 aliphatic heterocycles. The normalized spacial score (nSPS) is 18.6. The summed E-state index contributed by atoms with van der Waals surface area (Å²) in [4.78, 5) is 39.0. The summed E-state index contributed by atoms with van der Waals surface area (Å²) < 4.78 is 0. The molecule has 0 aromatic heterocycles. The van der Waals surface area contributed by atoms with Gasteiger partial charge in [0.2, 0.25) is 5.54 Å². The molecule has 2 atom stereocenters. The lowest BCUT2D eigenvalue weighted by atomic mass is 9.76. The van der Waals surface area contributed by atoms with Crippen LogP contribution in [0, 0.1) is 5.92 Å². The van der Waals surface area contributed by atoms with Crippen LogP contribution in [0.1, 0.15) is 200 Å². The number of carbonyl (C=O) groups excluding carboxylic acids is 2. The zero-order chi connectivity index (χ0) is 34.4. The summed E-state index contributed by atoms with van der Waals surface area (Å²) in [6.45, 7) is 4.53. The average molecular weight is 660 g/mol. The molecule has 0 spiro atoms. The third-order valence-electron chi connectivity index (χ3n) is 10.0. The van der Waals surface area contributed by atoms with Crippen LogP contribution in [-0.2, 0) is 14.4 Å². The Kier molecular flexibility index (Phi) is 26.8. The number of hydrogen-bond donors (Lipinski definition) is 2. The smallest absolute Gasteiger partial charge is 0.334 e. The zero-order valence-electron chi connectivity index (χ0n) is 30.7. The molecule has 0 amide bonds. The number of nitrogens with zero attached hydrogens (tertiary/aromatic N) is 1. The maximum atomic E-state index is 13.3. The molecule has 2 unspecified atom stereocenters. The average Bonchev–Trinajstić information content (AvgIpc) is 3.42. The second kappa shape index (κ2) is 29.2. The number of allylic oxidation sites excluding steroid dienone is 4. The highest BCUT2D eigenvalue weighted by atomic mass is 16.5. The molecule has 1 heterocycles. The van der Waals surface area contributed by atoms with Crippen LogP contribution in [0.5, 0.6) is 0 Å². The lowest BCUT2D eigenvalue weighted by Crippen LogP contribution is -2.60. The van der Waals surface area contributed by atoms with E-state index in [1.807, 2.05) is 0 Å². The molecule has 1 fully saturated rings. The summed E-state index contributed by atoms with van der Waals surface area (Å²) in [5, 5.41) is 21.4. The van der Waals surface area contributed by atoms with Crippen molar-refractivity contribution in [3.8, 4) is 0 Å². The minimum Gasteiger partial charge on any atom is -0.479 e. The van der Waals surface area contributed by atoms with Gasteiger partial charge in [-0.3, -0.25) is 9.59 Å². The van der Waals surface area contributed by atoms with Crippen molar-refractivity contribution < 1.29 is 24.7 Å². The van der Waals surface area contributed by atoms with Crippen molar-refractivity contribution in [3.05, 3.63) is 24.3 Å². The van der Waals surface area contributed by atoms with Gasteiger partial charge < -0.3 is 10.3 Å². The predicted molar refractivity (Wildman–Crippen MR) is 196 cm³/mol. The molecule has 6 nitrogen and oxygen atoms in total. The van der Waals surface area contributed by atoms with E-state index in [1.165, 1.54) is 89.9 Å². The Morgan fingerprint density at radius 2 is 0.936 bits per heavy atom. The number of aliphatic carboxylic acids is 1. The summed E-state index contributed by atoms with van der Waals surface area (Å²) in [5.74, 6) is -3.08. The van der Waals surface area contributed by atoms with E-state index in [0.717, 1.165) is 64.2 Å². The number of rotatable bonds is 33. The van der Waals surface area contributed by atoms with Gasteiger partial charge in [-0.2, -0.15) is 5.06 Å². The number of carboxylic acid groups (broad SMARTS) is 1. The van der Waals surface area contributed by atoms with E-state index in [9.17, 15) is 24.7 Å². The minimum atomic E-state index is -2.13. The molecule has 1 saturated heterocycles. The highest BCUT2D eigenvalue weighted by Gasteiger charge is 2.61. The molecule has 1 aliphatic rings. The number of unbranched alkanes of at least 4 members (excludes halogenated alkanes) is 22. The fourth-order valence-corrected chi connectivity index (χ4v) is 7.02. The van der Waals surface area contributed by atoms with Gasteiger partial charge in [-0.25, -0.2) is 4.79 Å². The first-order valence-electron chi connectivity index (χ1n) is 20.0. The molecule has 272 valence electrons. The van der Waals surface area contributed by atoms with Gasteiger partial charge in [0, 0.05) is 19.4 Å². The van der Waals surface area contributed by atoms with E-state index in [4.69, 9.17) is 0 Å². The Bertz CT molecular complexity index is 868. The van der Waals surface area contributed by atoms with Crippen LogP contribution in [-0.4, -0.2) is 45.0 Å². The molecular formula is C41H73NO5. The number of hydroxylamine groups is 2. The van der Waals surface area contributed by atoms with Crippen molar-refractivity contribution in [2.24, 2.45) is 5.92 Å². The molecule has 0 aromatic rings. The van der Waals surface area contributed by atoms with Crippen LogP contribution in [0.3, 0.4) is 0 Å². The second-order valence-electron chi connectivity index (χ2n) is 14.1. The van der Waals surface area contributed by atoms with Gasteiger partial charge in [0.15, 0.2) is 5.78 Å². The van der Waals surface area contributed by atoms with Crippen molar-refractivity contribution >= 4 is 17.5 Å². The van der Waals surface area contributed by atoms with Gasteiger partial charge in [0.05, 0.1) is 5.92 Å². The van der Waals surface area contributed by atoms with Crippen LogP contribution in [0.25, 0.3) is 0 Å². The fraction of sp³-hybridized carbons (Fsp3) is 0.829. The van der Waals surface area contributed by atoms with Crippen LogP contribution >= 0.6 is 0 Å². The summed E-state index contributed by atoms with van der Waals surface area (Å²) in [7, 11) is 0. The molecule has 0 aliphatic carbocycles. The van der Waals surface area contributed by atoms with E-state index in [-0.39, 0.29) is 31.6 Å². The van der Waals surface area contributed by atoms with Gasteiger partial charge in [-0.1, -0.05) is 141 Å². The lowest BCUT2D eigenvalue weighted by molar-refractivity contribution is -0.194. The Labute approximate surface area is 289 Å². The van der Waals surface area contributed by atoms with Gasteiger partial charge >= 0.3 is 5.97 Å². The second-order valence-corrected chi connectivity index (χ2v) is 14.1. The van der Waals surface area contributed by atoms with Crippen LogP contribution in [0.4, 0.5) is 0 Å². The maximum Gasteiger partial charge on any atom is 0.334 e. The molecule has 0 radical (unpaired) electrons. The third-order valence-corrected chi connectivity index (χ3v) is 10.0. The highest BCUT2D eigenvalue weighted by Crippen LogP contribution is 2.38. The van der Waals surface area contributed by atoms with E-state index >= 15 is 0 Å². The molecule has 0 saturated carbocycles.